The third kappa shape index (κ3) is 4.52. The van der Waals surface area contributed by atoms with Gasteiger partial charge in [0.25, 0.3) is 5.91 Å². The maximum atomic E-state index is 12.4. The van der Waals surface area contributed by atoms with Gasteiger partial charge in [0, 0.05) is 59.1 Å². The molecule has 1 amide bonds. The van der Waals surface area contributed by atoms with Crippen LogP contribution in [0.2, 0.25) is 0 Å². The molecule has 2 aromatic rings. The third-order valence-corrected chi connectivity index (χ3v) is 5.50. The minimum Gasteiger partial charge on any atom is -0.459 e. The molecule has 0 bridgehead atoms. The first kappa shape index (κ1) is 19.3. The minimum atomic E-state index is -0.0520. The van der Waals surface area contributed by atoms with Crippen LogP contribution in [0.5, 0.6) is 0 Å². The van der Waals surface area contributed by atoms with Crippen LogP contribution in [0.4, 0.5) is 5.82 Å². The molecule has 4 rings (SSSR count). The maximum absolute atomic E-state index is 12.4. The number of furan rings is 1. The molecule has 0 atom stereocenters. The number of carbonyl (C=O) groups is 1. The van der Waals surface area contributed by atoms with Gasteiger partial charge in [-0.1, -0.05) is 0 Å². The van der Waals surface area contributed by atoms with Crippen LogP contribution in [0.25, 0.3) is 0 Å². The molecule has 8 nitrogen and oxygen atoms in total. The second kappa shape index (κ2) is 8.98. The second-order valence-electron chi connectivity index (χ2n) is 7.37. The van der Waals surface area contributed by atoms with E-state index in [1.165, 1.54) is 24.7 Å². The zero-order valence-electron chi connectivity index (χ0n) is 16.9. The fraction of sp³-hybridized carbons (Fsp3) is 0.476. The van der Waals surface area contributed by atoms with Crippen LogP contribution in [0.1, 0.15) is 29.0 Å². The number of anilines is 1. The van der Waals surface area contributed by atoms with E-state index in [1.807, 2.05) is 17.2 Å². The Bertz CT molecular complexity index is 837. The van der Waals surface area contributed by atoms with Gasteiger partial charge in [-0.05, 0) is 42.7 Å². The molecule has 154 valence electrons. The van der Waals surface area contributed by atoms with Crippen LogP contribution in [-0.2, 0) is 6.54 Å². The Hall–Kier alpha value is -3.03. The first-order chi connectivity index (χ1) is 14.2. The van der Waals surface area contributed by atoms with Gasteiger partial charge in [-0.2, -0.15) is 0 Å². The lowest BCUT2D eigenvalue weighted by atomic mass is 10.2. The highest BCUT2D eigenvalue weighted by Crippen LogP contribution is 2.18. The topological polar surface area (TPSA) is 77.2 Å². The Balaban J connectivity index is 1.30. The number of nitrogens with zero attached hydrogens (tertiary/aromatic N) is 5. The number of aliphatic imine (C=N–C) groups is 1. The Morgan fingerprint density at radius 1 is 1.14 bits per heavy atom. The third-order valence-electron chi connectivity index (χ3n) is 5.50. The monoisotopic (exact) mass is 396 g/mol. The Morgan fingerprint density at radius 3 is 2.59 bits per heavy atom. The standard InChI is InChI=1S/C21H28N6O2/c1-22-21(24-16-17-6-7-23-19(15-17)25-8-2-3-9-25)27-12-10-26(11-13-27)20(28)18-5-4-14-29-18/h4-7,14-15H,2-3,8-13,16H2,1H3,(H,22,24). The van der Waals surface area contributed by atoms with E-state index >= 15 is 0 Å². The van der Waals surface area contributed by atoms with Crippen molar-refractivity contribution in [1.29, 1.82) is 0 Å². The van der Waals surface area contributed by atoms with Crippen LogP contribution >= 0.6 is 0 Å². The molecule has 2 aliphatic rings. The van der Waals surface area contributed by atoms with Crippen molar-refractivity contribution in [3.05, 3.63) is 48.0 Å². The van der Waals surface area contributed by atoms with E-state index in [9.17, 15) is 4.79 Å². The summed E-state index contributed by atoms with van der Waals surface area (Å²) in [5.41, 5.74) is 1.19. The number of hydrogen-bond acceptors (Lipinski definition) is 5. The minimum absolute atomic E-state index is 0.0520. The number of guanidine groups is 1. The van der Waals surface area contributed by atoms with Gasteiger partial charge < -0.3 is 24.4 Å². The first-order valence-electron chi connectivity index (χ1n) is 10.2. The largest absolute Gasteiger partial charge is 0.459 e. The molecule has 0 spiro atoms. The number of aromatic nitrogens is 1. The van der Waals surface area contributed by atoms with E-state index in [2.05, 4.69) is 31.2 Å². The smallest absolute Gasteiger partial charge is 0.289 e. The van der Waals surface area contributed by atoms with Crippen molar-refractivity contribution in [3.8, 4) is 0 Å². The molecule has 8 heteroatoms. The maximum Gasteiger partial charge on any atom is 0.289 e. The van der Waals surface area contributed by atoms with Crippen molar-refractivity contribution in [2.45, 2.75) is 19.4 Å². The number of carbonyl (C=O) groups excluding carboxylic acids is 1. The van der Waals surface area contributed by atoms with E-state index in [4.69, 9.17) is 4.42 Å². The van der Waals surface area contributed by atoms with Crippen molar-refractivity contribution in [2.24, 2.45) is 4.99 Å². The molecule has 2 saturated heterocycles. The van der Waals surface area contributed by atoms with Gasteiger partial charge in [-0.25, -0.2) is 4.98 Å². The highest BCUT2D eigenvalue weighted by Gasteiger charge is 2.25. The average Bonchev–Trinajstić information content (AvgIpc) is 3.49. The Kier molecular flexibility index (Phi) is 5.97. The zero-order valence-corrected chi connectivity index (χ0v) is 16.9. The van der Waals surface area contributed by atoms with Gasteiger partial charge in [0.05, 0.1) is 6.26 Å². The second-order valence-corrected chi connectivity index (χ2v) is 7.37. The molecule has 4 heterocycles. The molecule has 0 aliphatic carbocycles. The van der Waals surface area contributed by atoms with Crippen LogP contribution in [0, 0.1) is 0 Å². The lowest BCUT2D eigenvalue weighted by molar-refractivity contribution is 0.0657. The van der Waals surface area contributed by atoms with Crippen molar-refractivity contribution in [1.82, 2.24) is 20.1 Å². The SMILES string of the molecule is CN=C(NCc1ccnc(N2CCCC2)c1)N1CCN(C(=O)c2ccco2)CC1. The molecule has 1 N–H and O–H groups in total. The highest BCUT2D eigenvalue weighted by atomic mass is 16.3. The summed E-state index contributed by atoms with van der Waals surface area (Å²) in [5, 5.41) is 3.45. The summed E-state index contributed by atoms with van der Waals surface area (Å²) in [5.74, 6) is 2.26. The summed E-state index contributed by atoms with van der Waals surface area (Å²) < 4.78 is 5.23. The molecular formula is C21H28N6O2. The van der Waals surface area contributed by atoms with Crippen LogP contribution in [0.3, 0.4) is 0 Å². The summed E-state index contributed by atoms with van der Waals surface area (Å²) in [4.78, 5) is 27.7. The fourth-order valence-electron chi connectivity index (χ4n) is 3.88. The zero-order chi connectivity index (χ0) is 20.1. The van der Waals surface area contributed by atoms with E-state index in [0.29, 0.717) is 25.4 Å². The van der Waals surface area contributed by atoms with Gasteiger partial charge in [0.1, 0.15) is 5.82 Å². The molecule has 0 radical (unpaired) electrons. The van der Waals surface area contributed by atoms with Gasteiger partial charge >= 0.3 is 0 Å². The number of rotatable bonds is 4. The van der Waals surface area contributed by atoms with E-state index in [1.54, 1.807) is 19.2 Å². The number of hydrogen-bond donors (Lipinski definition) is 1. The van der Waals surface area contributed by atoms with E-state index in [-0.39, 0.29) is 5.91 Å². The van der Waals surface area contributed by atoms with Crippen molar-refractivity contribution in [3.63, 3.8) is 0 Å². The van der Waals surface area contributed by atoms with Gasteiger partial charge in [0.2, 0.25) is 0 Å². The normalized spacial score (nSPS) is 17.7. The van der Waals surface area contributed by atoms with E-state index in [0.717, 1.165) is 38.0 Å². The lowest BCUT2D eigenvalue weighted by Gasteiger charge is -2.36. The van der Waals surface area contributed by atoms with Crippen molar-refractivity contribution >= 4 is 17.7 Å². The van der Waals surface area contributed by atoms with Crippen LogP contribution < -0.4 is 10.2 Å². The molecule has 2 aromatic heterocycles. The molecule has 2 fully saturated rings. The summed E-state index contributed by atoms with van der Waals surface area (Å²) in [6.07, 6.45) is 5.90. The van der Waals surface area contributed by atoms with Crippen molar-refractivity contribution < 1.29 is 9.21 Å². The molecule has 0 aromatic carbocycles. The summed E-state index contributed by atoms with van der Waals surface area (Å²) in [7, 11) is 1.80. The fourth-order valence-corrected chi connectivity index (χ4v) is 3.88. The lowest BCUT2D eigenvalue weighted by Crippen LogP contribution is -2.53. The molecule has 2 aliphatic heterocycles. The number of amides is 1. The highest BCUT2D eigenvalue weighted by molar-refractivity contribution is 5.91. The summed E-state index contributed by atoms with van der Waals surface area (Å²) >= 11 is 0. The summed E-state index contributed by atoms with van der Waals surface area (Å²) in [6.45, 7) is 5.65. The predicted octanol–water partition coefficient (Wildman–Crippen LogP) is 1.81. The van der Waals surface area contributed by atoms with Gasteiger partial charge in [0.15, 0.2) is 11.7 Å². The first-order valence-corrected chi connectivity index (χ1v) is 10.2. The quantitative estimate of drug-likeness (QED) is 0.627. The van der Waals surface area contributed by atoms with Crippen molar-refractivity contribution in [2.75, 3.05) is 51.2 Å². The van der Waals surface area contributed by atoms with Gasteiger partial charge in [-0.15, -0.1) is 0 Å². The summed E-state index contributed by atoms with van der Waals surface area (Å²) in [6, 6.07) is 7.65. The van der Waals surface area contributed by atoms with E-state index < -0.39 is 0 Å². The Labute approximate surface area is 171 Å². The average molecular weight is 396 g/mol. The van der Waals surface area contributed by atoms with Crippen LogP contribution in [0.15, 0.2) is 46.1 Å². The molecule has 29 heavy (non-hydrogen) atoms. The number of pyridine rings is 1. The molecular weight excluding hydrogens is 368 g/mol. The predicted molar refractivity (Wildman–Crippen MR) is 112 cm³/mol. The number of nitrogens with one attached hydrogen (secondary N) is 1. The number of piperazine rings is 1. The Morgan fingerprint density at radius 2 is 1.90 bits per heavy atom. The molecule has 0 saturated carbocycles. The van der Waals surface area contributed by atoms with Crippen LogP contribution in [-0.4, -0.2) is 73.0 Å². The molecule has 0 unspecified atom stereocenters. The van der Waals surface area contributed by atoms with Gasteiger partial charge in [-0.3, -0.25) is 9.79 Å².